The summed E-state index contributed by atoms with van der Waals surface area (Å²) in [5.41, 5.74) is 0.0415. The molecule has 0 aliphatic carbocycles. The fourth-order valence-electron chi connectivity index (χ4n) is 3.15. The summed E-state index contributed by atoms with van der Waals surface area (Å²) in [6, 6.07) is -0.187. The third-order valence-electron chi connectivity index (χ3n) is 4.86. The van der Waals surface area contributed by atoms with Crippen LogP contribution in [-0.2, 0) is 9.59 Å². The first-order chi connectivity index (χ1) is 9.06. The molecule has 2 saturated heterocycles. The van der Waals surface area contributed by atoms with E-state index in [9.17, 15) is 9.59 Å². The minimum absolute atomic E-state index is 0.0415. The standard InChI is InChI=1S/C14H24N2O2S/c1-3-14(4-2,10-19)9-15-8-12(17)16-7-5-6-11(16)13(15)18/h11,19H,3-10H2,1-2H3. The molecule has 0 N–H and O–H groups in total. The van der Waals surface area contributed by atoms with Crippen molar-refractivity contribution >= 4 is 24.4 Å². The van der Waals surface area contributed by atoms with Crippen molar-refractivity contribution in [1.29, 1.82) is 0 Å². The van der Waals surface area contributed by atoms with Crippen LogP contribution >= 0.6 is 12.6 Å². The smallest absolute Gasteiger partial charge is 0.245 e. The highest BCUT2D eigenvalue weighted by Gasteiger charge is 2.43. The van der Waals surface area contributed by atoms with Crippen LogP contribution in [0.25, 0.3) is 0 Å². The molecular weight excluding hydrogens is 260 g/mol. The average Bonchev–Trinajstić information content (AvgIpc) is 2.92. The van der Waals surface area contributed by atoms with Gasteiger partial charge in [0, 0.05) is 13.1 Å². The SMILES string of the molecule is CCC(CC)(CS)CN1CC(=O)N2CCCC2C1=O. The van der Waals surface area contributed by atoms with Gasteiger partial charge in [-0.25, -0.2) is 0 Å². The van der Waals surface area contributed by atoms with Gasteiger partial charge >= 0.3 is 0 Å². The highest BCUT2D eigenvalue weighted by Crippen LogP contribution is 2.31. The number of nitrogens with zero attached hydrogens (tertiary/aromatic N) is 2. The quantitative estimate of drug-likeness (QED) is 0.778. The fraction of sp³-hybridized carbons (Fsp3) is 0.857. The minimum Gasteiger partial charge on any atom is -0.331 e. The van der Waals surface area contributed by atoms with E-state index in [0.717, 1.165) is 38.0 Å². The Morgan fingerprint density at radius 3 is 2.58 bits per heavy atom. The van der Waals surface area contributed by atoms with Gasteiger partial charge < -0.3 is 9.80 Å². The predicted molar refractivity (Wildman–Crippen MR) is 78.2 cm³/mol. The normalized spacial score (nSPS) is 24.1. The summed E-state index contributed by atoms with van der Waals surface area (Å²) >= 11 is 4.46. The van der Waals surface area contributed by atoms with Crippen LogP contribution in [0, 0.1) is 5.41 Å². The van der Waals surface area contributed by atoms with Crippen molar-refractivity contribution in [3.05, 3.63) is 0 Å². The van der Waals surface area contributed by atoms with Crippen LogP contribution in [0.3, 0.4) is 0 Å². The van der Waals surface area contributed by atoms with E-state index in [2.05, 4.69) is 26.5 Å². The van der Waals surface area contributed by atoms with Gasteiger partial charge in [-0.3, -0.25) is 9.59 Å². The Kier molecular flexibility index (Phi) is 4.43. The molecule has 4 nitrogen and oxygen atoms in total. The van der Waals surface area contributed by atoms with Crippen molar-refractivity contribution in [2.75, 3.05) is 25.4 Å². The first-order valence-electron chi connectivity index (χ1n) is 7.26. The van der Waals surface area contributed by atoms with Crippen LogP contribution in [0.4, 0.5) is 0 Å². The van der Waals surface area contributed by atoms with Crippen LogP contribution in [0.15, 0.2) is 0 Å². The van der Waals surface area contributed by atoms with Crippen LogP contribution in [0.1, 0.15) is 39.5 Å². The molecule has 1 atom stereocenters. The molecule has 2 aliphatic rings. The summed E-state index contributed by atoms with van der Waals surface area (Å²) in [6.07, 6.45) is 3.75. The second-order valence-electron chi connectivity index (χ2n) is 5.80. The Morgan fingerprint density at radius 2 is 2.00 bits per heavy atom. The largest absolute Gasteiger partial charge is 0.331 e. The van der Waals surface area contributed by atoms with Gasteiger partial charge in [-0.05, 0) is 36.9 Å². The van der Waals surface area contributed by atoms with Gasteiger partial charge in [0.2, 0.25) is 11.8 Å². The van der Waals surface area contributed by atoms with Crippen molar-refractivity contribution in [3.8, 4) is 0 Å². The van der Waals surface area contributed by atoms with Crippen molar-refractivity contribution in [3.63, 3.8) is 0 Å². The molecular formula is C14H24N2O2S. The number of carbonyl (C=O) groups is 2. The van der Waals surface area contributed by atoms with Gasteiger partial charge in [-0.15, -0.1) is 0 Å². The second-order valence-corrected chi connectivity index (χ2v) is 6.12. The molecule has 2 heterocycles. The average molecular weight is 284 g/mol. The maximum Gasteiger partial charge on any atom is 0.245 e. The minimum atomic E-state index is -0.187. The van der Waals surface area contributed by atoms with E-state index < -0.39 is 0 Å². The maximum absolute atomic E-state index is 12.5. The molecule has 0 aromatic heterocycles. The summed E-state index contributed by atoms with van der Waals surface area (Å²) in [5, 5.41) is 0. The fourth-order valence-corrected chi connectivity index (χ4v) is 3.70. The lowest BCUT2D eigenvalue weighted by Gasteiger charge is -2.41. The summed E-state index contributed by atoms with van der Waals surface area (Å²) in [7, 11) is 0. The molecule has 5 heteroatoms. The molecule has 0 saturated carbocycles. The number of hydrogen-bond acceptors (Lipinski definition) is 3. The van der Waals surface area contributed by atoms with E-state index in [1.54, 1.807) is 9.80 Å². The topological polar surface area (TPSA) is 40.6 Å². The number of hydrogen-bond donors (Lipinski definition) is 1. The number of thiol groups is 1. The highest BCUT2D eigenvalue weighted by atomic mass is 32.1. The highest BCUT2D eigenvalue weighted by molar-refractivity contribution is 7.80. The van der Waals surface area contributed by atoms with Gasteiger partial charge in [0.05, 0.1) is 6.54 Å². The number of amides is 2. The van der Waals surface area contributed by atoms with Crippen LogP contribution < -0.4 is 0 Å². The molecule has 1 unspecified atom stereocenters. The zero-order chi connectivity index (χ0) is 14.0. The molecule has 2 rings (SSSR count). The Bertz CT molecular complexity index is 360. The molecule has 0 bridgehead atoms. The summed E-state index contributed by atoms with van der Waals surface area (Å²) in [4.78, 5) is 28.1. The van der Waals surface area contributed by atoms with Gasteiger partial charge in [0.15, 0.2) is 0 Å². The first-order valence-corrected chi connectivity index (χ1v) is 7.89. The molecule has 2 amide bonds. The van der Waals surface area contributed by atoms with Crippen LogP contribution in [0.5, 0.6) is 0 Å². The van der Waals surface area contributed by atoms with E-state index in [1.165, 1.54) is 0 Å². The predicted octanol–water partition coefficient (Wildman–Crippen LogP) is 1.56. The van der Waals surface area contributed by atoms with Crippen molar-refractivity contribution in [1.82, 2.24) is 9.80 Å². The number of piperazine rings is 1. The third-order valence-corrected chi connectivity index (χ3v) is 5.53. The molecule has 2 aliphatic heterocycles. The molecule has 19 heavy (non-hydrogen) atoms. The molecule has 0 aromatic rings. The van der Waals surface area contributed by atoms with Crippen LogP contribution in [-0.4, -0.2) is 53.0 Å². The summed E-state index contributed by atoms with van der Waals surface area (Å²) < 4.78 is 0. The zero-order valence-electron chi connectivity index (χ0n) is 11.9. The third kappa shape index (κ3) is 2.62. The van der Waals surface area contributed by atoms with Crippen LogP contribution in [0.2, 0.25) is 0 Å². The molecule has 0 aromatic carbocycles. The van der Waals surface area contributed by atoms with E-state index in [4.69, 9.17) is 0 Å². The van der Waals surface area contributed by atoms with Gasteiger partial charge in [0.1, 0.15) is 6.04 Å². The van der Waals surface area contributed by atoms with E-state index in [1.807, 2.05) is 0 Å². The van der Waals surface area contributed by atoms with E-state index in [0.29, 0.717) is 6.54 Å². The maximum atomic E-state index is 12.5. The Morgan fingerprint density at radius 1 is 1.32 bits per heavy atom. The first kappa shape index (κ1) is 14.7. The van der Waals surface area contributed by atoms with Crippen molar-refractivity contribution in [2.24, 2.45) is 5.41 Å². The molecule has 108 valence electrons. The number of rotatable bonds is 5. The Hall–Kier alpha value is -0.710. The molecule has 0 spiro atoms. The van der Waals surface area contributed by atoms with Gasteiger partial charge in [-0.1, -0.05) is 13.8 Å². The Balaban J connectivity index is 2.12. The van der Waals surface area contributed by atoms with E-state index in [-0.39, 0.29) is 29.8 Å². The van der Waals surface area contributed by atoms with E-state index >= 15 is 0 Å². The second kappa shape index (κ2) is 5.73. The monoisotopic (exact) mass is 284 g/mol. The zero-order valence-corrected chi connectivity index (χ0v) is 12.8. The molecule has 2 fully saturated rings. The summed E-state index contributed by atoms with van der Waals surface area (Å²) in [5.74, 6) is 1.01. The lowest BCUT2D eigenvalue weighted by Crippen LogP contribution is -2.59. The lowest BCUT2D eigenvalue weighted by molar-refractivity contribution is -0.154. The van der Waals surface area contributed by atoms with Crippen molar-refractivity contribution in [2.45, 2.75) is 45.6 Å². The summed E-state index contributed by atoms with van der Waals surface area (Å²) in [6.45, 7) is 5.95. The lowest BCUT2D eigenvalue weighted by atomic mass is 9.83. The Labute approximate surface area is 120 Å². The number of carbonyl (C=O) groups excluding carboxylic acids is 2. The number of fused-ring (bicyclic) bond motifs is 1. The van der Waals surface area contributed by atoms with Gasteiger partial charge in [0.25, 0.3) is 0 Å². The van der Waals surface area contributed by atoms with Gasteiger partial charge in [-0.2, -0.15) is 12.6 Å². The molecule has 0 radical (unpaired) electrons. The van der Waals surface area contributed by atoms with Crippen molar-refractivity contribution < 1.29 is 9.59 Å².